The molecule has 4 aliphatic carbocycles. The Morgan fingerprint density at radius 3 is 2.32 bits per heavy atom. The van der Waals surface area contributed by atoms with E-state index >= 15 is 0 Å². The molecule has 3 aliphatic heterocycles. The number of carbonyl (C=O) groups is 2. The minimum atomic E-state index is -1.02. The van der Waals surface area contributed by atoms with Crippen LogP contribution in [0.3, 0.4) is 0 Å². The number of ether oxygens (including phenoxy) is 5. The Morgan fingerprint density at radius 2 is 1.68 bits per heavy atom. The molecule has 136 valence electrons. The molecule has 7 aliphatic rings. The zero-order valence-corrected chi connectivity index (χ0v) is 14.1. The largest absolute Gasteiger partial charge is 0.454 e. The van der Waals surface area contributed by atoms with Crippen molar-refractivity contribution in [3.05, 3.63) is 0 Å². The first-order valence-corrected chi connectivity index (χ1v) is 9.42. The van der Waals surface area contributed by atoms with Crippen LogP contribution in [0.1, 0.15) is 39.0 Å². The molecule has 0 aromatic rings. The Bertz CT molecular complexity index is 617. The highest BCUT2D eigenvalue weighted by Crippen LogP contribution is 2.63. The van der Waals surface area contributed by atoms with Crippen molar-refractivity contribution in [2.24, 2.45) is 23.7 Å². The second-order valence-electron chi connectivity index (χ2n) is 8.63. The molecule has 7 fully saturated rings. The molecule has 4 saturated carbocycles. The summed E-state index contributed by atoms with van der Waals surface area (Å²) in [5.41, 5.74) is 0. The molecule has 5 unspecified atom stereocenters. The molecular weight excluding hydrogens is 328 g/mol. The van der Waals surface area contributed by atoms with Crippen LogP contribution >= 0.6 is 0 Å². The molecule has 25 heavy (non-hydrogen) atoms. The molecule has 0 aromatic carbocycles. The van der Waals surface area contributed by atoms with Crippen LogP contribution in [0.2, 0.25) is 0 Å². The van der Waals surface area contributed by atoms with Crippen molar-refractivity contribution in [3.8, 4) is 0 Å². The fraction of sp³-hybridized carbons (Fsp3) is 0.889. The predicted octanol–water partition coefficient (Wildman–Crippen LogP) is 1.14. The third-order valence-electron chi connectivity index (χ3n) is 7.18. The fourth-order valence-electron chi connectivity index (χ4n) is 6.52. The molecular formula is C18H22O7. The monoisotopic (exact) mass is 350 g/mol. The second-order valence-corrected chi connectivity index (χ2v) is 8.63. The summed E-state index contributed by atoms with van der Waals surface area (Å²) in [5.74, 6) is 0.801. The number of hydrogen-bond donors (Lipinski definition) is 0. The molecule has 5 atom stereocenters. The second kappa shape index (κ2) is 4.75. The zero-order chi connectivity index (χ0) is 16.9. The Hall–Kier alpha value is -1.18. The molecule has 7 rings (SSSR count). The van der Waals surface area contributed by atoms with Crippen LogP contribution in [0.5, 0.6) is 0 Å². The third-order valence-corrected chi connectivity index (χ3v) is 7.18. The average molecular weight is 350 g/mol. The van der Waals surface area contributed by atoms with Gasteiger partial charge in [-0.15, -0.1) is 0 Å². The lowest BCUT2D eigenvalue weighted by atomic mass is 9.53. The molecule has 0 amide bonds. The Morgan fingerprint density at radius 1 is 1.00 bits per heavy atom. The van der Waals surface area contributed by atoms with Gasteiger partial charge in [-0.05, 0) is 43.9 Å². The van der Waals surface area contributed by atoms with Crippen molar-refractivity contribution < 1.29 is 33.3 Å². The maximum Gasteiger partial charge on any atom is 0.350 e. The number of rotatable bonds is 1. The van der Waals surface area contributed by atoms with Crippen LogP contribution in [-0.4, -0.2) is 48.4 Å². The van der Waals surface area contributed by atoms with E-state index in [1.807, 2.05) is 0 Å². The summed E-state index contributed by atoms with van der Waals surface area (Å²) in [6.07, 6.45) is 2.83. The highest BCUT2D eigenvalue weighted by atomic mass is 16.9. The first-order valence-electron chi connectivity index (χ1n) is 9.42. The van der Waals surface area contributed by atoms with Gasteiger partial charge in [-0.2, -0.15) is 0 Å². The smallest absolute Gasteiger partial charge is 0.350 e. The molecule has 3 saturated heterocycles. The van der Waals surface area contributed by atoms with E-state index in [4.69, 9.17) is 23.7 Å². The van der Waals surface area contributed by atoms with E-state index < -0.39 is 48.4 Å². The SMILES string of the molecule is CC(=O)OC1C(=O)OC2C3OC4(OC3OC12)C1CC2CC(C1)CC4C2. The molecule has 0 N–H and O–H groups in total. The van der Waals surface area contributed by atoms with E-state index in [1.54, 1.807) is 0 Å². The van der Waals surface area contributed by atoms with Crippen molar-refractivity contribution in [3.63, 3.8) is 0 Å². The van der Waals surface area contributed by atoms with Gasteiger partial charge in [-0.1, -0.05) is 0 Å². The molecule has 7 nitrogen and oxygen atoms in total. The minimum Gasteiger partial charge on any atom is -0.454 e. The highest BCUT2D eigenvalue weighted by molar-refractivity contribution is 5.81. The highest BCUT2D eigenvalue weighted by Gasteiger charge is 2.71. The normalized spacial score (nSPS) is 57.6. The Kier molecular flexibility index (Phi) is 2.84. The molecule has 0 aromatic heterocycles. The van der Waals surface area contributed by atoms with Crippen molar-refractivity contribution in [1.29, 1.82) is 0 Å². The van der Waals surface area contributed by atoms with Crippen molar-refractivity contribution >= 4 is 11.9 Å². The summed E-state index contributed by atoms with van der Waals surface area (Å²) < 4.78 is 29.4. The van der Waals surface area contributed by atoms with Gasteiger partial charge in [0.05, 0.1) is 0 Å². The fourth-order valence-corrected chi connectivity index (χ4v) is 6.52. The van der Waals surface area contributed by atoms with E-state index in [-0.39, 0.29) is 0 Å². The quantitative estimate of drug-likeness (QED) is 0.656. The summed E-state index contributed by atoms with van der Waals surface area (Å²) in [6, 6.07) is 0. The number of esters is 2. The lowest BCUT2D eigenvalue weighted by Gasteiger charge is -2.58. The first kappa shape index (κ1) is 14.9. The van der Waals surface area contributed by atoms with Gasteiger partial charge in [0, 0.05) is 18.8 Å². The number of hydrogen-bond acceptors (Lipinski definition) is 7. The lowest BCUT2D eigenvalue weighted by Crippen LogP contribution is -2.59. The summed E-state index contributed by atoms with van der Waals surface area (Å²) in [5, 5.41) is 0. The third kappa shape index (κ3) is 1.87. The number of fused-ring (bicyclic) bond motifs is 3. The summed E-state index contributed by atoms with van der Waals surface area (Å²) in [6.45, 7) is 1.27. The van der Waals surface area contributed by atoms with E-state index in [1.165, 1.54) is 13.3 Å². The number of carbonyl (C=O) groups excluding carboxylic acids is 2. The van der Waals surface area contributed by atoms with E-state index in [2.05, 4.69) is 0 Å². The predicted molar refractivity (Wildman–Crippen MR) is 79.8 cm³/mol. The maximum atomic E-state index is 12.0. The van der Waals surface area contributed by atoms with Gasteiger partial charge in [0.2, 0.25) is 6.10 Å². The van der Waals surface area contributed by atoms with Crippen molar-refractivity contribution in [1.82, 2.24) is 0 Å². The molecule has 7 heteroatoms. The zero-order valence-electron chi connectivity index (χ0n) is 14.1. The summed E-state index contributed by atoms with van der Waals surface area (Å²) in [7, 11) is 0. The van der Waals surface area contributed by atoms with E-state index in [9.17, 15) is 9.59 Å². The van der Waals surface area contributed by atoms with Crippen LogP contribution in [0.4, 0.5) is 0 Å². The van der Waals surface area contributed by atoms with Gasteiger partial charge in [-0.3, -0.25) is 4.79 Å². The Labute approximate surface area is 145 Å². The van der Waals surface area contributed by atoms with Crippen LogP contribution < -0.4 is 0 Å². The molecule has 3 heterocycles. The summed E-state index contributed by atoms with van der Waals surface area (Å²) in [4.78, 5) is 23.3. The minimum absolute atomic E-state index is 0.415. The van der Waals surface area contributed by atoms with E-state index in [0.29, 0.717) is 11.8 Å². The van der Waals surface area contributed by atoms with Crippen LogP contribution in [0, 0.1) is 23.7 Å². The van der Waals surface area contributed by atoms with E-state index in [0.717, 1.165) is 37.5 Å². The van der Waals surface area contributed by atoms with Gasteiger partial charge in [0.15, 0.2) is 24.3 Å². The van der Waals surface area contributed by atoms with Gasteiger partial charge in [-0.25, -0.2) is 4.79 Å². The van der Waals surface area contributed by atoms with Crippen LogP contribution in [0.25, 0.3) is 0 Å². The summed E-state index contributed by atoms with van der Waals surface area (Å²) >= 11 is 0. The molecule has 1 spiro atoms. The topological polar surface area (TPSA) is 80.3 Å². The van der Waals surface area contributed by atoms with Gasteiger partial charge >= 0.3 is 11.9 Å². The van der Waals surface area contributed by atoms with Crippen molar-refractivity contribution in [2.75, 3.05) is 0 Å². The molecule has 0 radical (unpaired) electrons. The first-order chi connectivity index (χ1) is 12.0. The Balaban J connectivity index is 1.26. The standard InChI is InChI=1S/C18H22O7/c1-7(19)21-14-12-13(22-16(14)20)15-17(23-12)25-18(24-15)10-3-8-2-9(5-10)6-11(18)4-8/h8-15,17H,2-6H2,1H3. The van der Waals surface area contributed by atoms with Crippen molar-refractivity contribution in [2.45, 2.75) is 75.5 Å². The maximum absolute atomic E-state index is 12.0. The van der Waals surface area contributed by atoms with Crippen LogP contribution in [0.15, 0.2) is 0 Å². The van der Waals surface area contributed by atoms with Gasteiger partial charge in [0.25, 0.3) is 0 Å². The average Bonchev–Trinajstić information content (AvgIpc) is 3.15. The molecule has 4 bridgehead atoms. The van der Waals surface area contributed by atoms with Gasteiger partial charge < -0.3 is 23.7 Å². The van der Waals surface area contributed by atoms with Gasteiger partial charge in [0.1, 0.15) is 6.10 Å². The lowest BCUT2D eigenvalue weighted by molar-refractivity contribution is -0.324. The van der Waals surface area contributed by atoms with Crippen LogP contribution in [-0.2, 0) is 33.3 Å².